The Labute approximate surface area is 535 Å². The van der Waals surface area contributed by atoms with Crippen LogP contribution in [-0.4, -0.2) is 197 Å². The summed E-state index contributed by atoms with van der Waals surface area (Å²) in [6.45, 7) is 6.34. The van der Waals surface area contributed by atoms with Crippen molar-refractivity contribution in [1.29, 1.82) is 0 Å². The molecule has 6 heterocycles. The fourth-order valence-corrected chi connectivity index (χ4v) is 16.6. The summed E-state index contributed by atoms with van der Waals surface area (Å²) in [5.41, 5.74) is 12.1. The van der Waals surface area contributed by atoms with Gasteiger partial charge >= 0.3 is 0 Å². The minimum Gasteiger partial charge on any atom is -0.508 e. The standard InChI is InChI=1S/C24H28O6S.C22H26O7S.C22H26O6S/c25-12-20-21(26)22(27)23(28)24(31-20)15-4-5-17(14-2-3-14)16(11-15)9-13-1-6-18-19(10-13)30-8-7-29-18;1-11-6-15(24)14(22-21(27)20(26)19(25)18(10-23)30-22)9-13(11)7-12-2-3-16-17(8-12)29-5-4-28-16;1-12-2-4-14(22-21(26)20(25)19(24)18(11-23)29-22)10-15(12)8-13-3-5-16-17(9-13)28-7-6-27-16/h1,4-6,10-11,14,20-28H,2-3,7-9,12H2;2-3,6,8-9,18-27H,4-5,7,10H2,1H3;2-5,9-10,18-26H,6-8,11H2,1H3/t20-,21-,22+,23-,24?;2*18-,19-,20+,21-,22?/m111/s1. The third-order valence-corrected chi connectivity index (χ3v) is 22.5. The normalized spacial score (nSPS) is 29.2. The van der Waals surface area contributed by atoms with Crippen LogP contribution >= 0.6 is 35.3 Å². The average molecular weight is 1300 g/mol. The Morgan fingerprint density at radius 1 is 0.356 bits per heavy atom. The molecule has 90 heavy (non-hydrogen) atoms. The molecule has 15 atom stereocenters. The van der Waals surface area contributed by atoms with Crippen LogP contribution in [0.2, 0.25) is 0 Å². The number of hydrogen-bond donors (Lipinski definition) is 13. The summed E-state index contributed by atoms with van der Waals surface area (Å²) in [6, 6.07) is 33.5. The van der Waals surface area contributed by atoms with E-state index >= 15 is 0 Å². The Balaban J connectivity index is 0.000000139. The van der Waals surface area contributed by atoms with Crippen molar-refractivity contribution in [3.05, 3.63) is 170 Å². The van der Waals surface area contributed by atoms with Crippen LogP contribution in [0.15, 0.2) is 103 Å². The zero-order chi connectivity index (χ0) is 63.5. The maximum absolute atomic E-state index is 10.6. The third-order valence-electron chi connectivity index (χ3n) is 17.7. The van der Waals surface area contributed by atoms with Crippen molar-refractivity contribution in [2.45, 2.75) is 138 Å². The van der Waals surface area contributed by atoms with Crippen LogP contribution in [-0.2, 0) is 19.3 Å². The first-order valence-electron chi connectivity index (χ1n) is 30.5. The number of ether oxygens (including phenoxy) is 6. The number of hydrogen-bond acceptors (Lipinski definition) is 22. The molecule has 0 amide bonds. The SMILES string of the molecule is Cc1cc(O)c(C2S[C@H](CO)[C@@H](O)[C@H](O)[C@H]2O)cc1Cc1ccc2c(c1)OCCO2.Cc1ccc(C2S[C@H](CO)[C@@H](O)[C@H](O)[C@H]2O)cc1Cc1ccc2c(c1)OCCO2.OC[C@H]1SC(c2ccc(C3CC3)c(Cc3ccc4c(c3)OCCO4)c2)[C@H](O)[C@@H](O)[C@@H]1O. The summed E-state index contributed by atoms with van der Waals surface area (Å²) in [6.07, 6.45) is -6.63. The lowest BCUT2D eigenvalue weighted by Gasteiger charge is -2.40. The topological polar surface area (TPSA) is 318 Å². The van der Waals surface area contributed by atoms with E-state index in [1.54, 1.807) is 6.07 Å². The van der Waals surface area contributed by atoms with Crippen molar-refractivity contribution >= 4 is 35.3 Å². The number of benzene rings is 6. The second-order valence-electron chi connectivity index (χ2n) is 24.0. The molecular formula is C68H80O19S3. The van der Waals surface area contributed by atoms with Crippen molar-refractivity contribution in [2.75, 3.05) is 59.5 Å². The molecule has 0 radical (unpaired) electrons. The van der Waals surface area contributed by atoms with Gasteiger partial charge in [-0.1, -0.05) is 60.7 Å². The zero-order valence-electron chi connectivity index (χ0n) is 49.9. The summed E-state index contributed by atoms with van der Waals surface area (Å²) >= 11 is 3.77. The Hall–Kier alpha value is -5.51. The fourth-order valence-electron chi connectivity index (χ4n) is 12.3. The van der Waals surface area contributed by atoms with Gasteiger partial charge in [-0.3, -0.25) is 0 Å². The molecule has 13 N–H and O–H groups in total. The number of aromatic hydroxyl groups is 1. The summed E-state index contributed by atoms with van der Waals surface area (Å²) in [7, 11) is 0. The highest BCUT2D eigenvalue weighted by atomic mass is 32.2. The molecule has 7 aliphatic rings. The van der Waals surface area contributed by atoms with Gasteiger partial charge in [-0.2, -0.15) is 0 Å². The van der Waals surface area contributed by atoms with E-state index in [1.165, 1.54) is 47.5 Å². The van der Waals surface area contributed by atoms with E-state index in [1.807, 2.05) is 92.7 Å². The Bertz CT molecular complexity index is 3440. The number of phenols is 1. The fraction of sp³-hybridized carbons (Fsp3) is 0.471. The molecule has 13 rings (SSSR count). The number of phenolic OH excluding ortho intramolecular Hbond substituents is 1. The van der Waals surface area contributed by atoms with Gasteiger partial charge in [0.1, 0.15) is 63.7 Å². The molecule has 22 heteroatoms. The molecule has 3 saturated heterocycles. The minimum absolute atomic E-state index is 0.00949. The summed E-state index contributed by atoms with van der Waals surface area (Å²) in [5.74, 6) is 5.06. The first-order chi connectivity index (χ1) is 43.4. The van der Waals surface area contributed by atoms with Crippen LogP contribution < -0.4 is 28.4 Å². The molecule has 0 aromatic heterocycles. The second kappa shape index (κ2) is 29.2. The monoisotopic (exact) mass is 1300 g/mol. The Kier molecular flexibility index (Phi) is 21.4. The van der Waals surface area contributed by atoms with Gasteiger partial charge in [0.05, 0.1) is 87.9 Å². The molecule has 1 saturated carbocycles. The number of aryl methyl sites for hydroxylation is 2. The van der Waals surface area contributed by atoms with Crippen LogP contribution in [0.25, 0.3) is 0 Å². The van der Waals surface area contributed by atoms with Crippen molar-refractivity contribution in [1.82, 2.24) is 0 Å². The van der Waals surface area contributed by atoms with E-state index in [9.17, 15) is 66.4 Å². The Morgan fingerprint density at radius 2 is 0.722 bits per heavy atom. The van der Waals surface area contributed by atoms with Gasteiger partial charge in [-0.15, -0.1) is 35.3 Å². The van der Waals surface area contributed by atoms with E-state index in [0.717, 1.165) is 97.0 Å². The van der Waals surface area contributed by atoms with Gasteiger partial charge in [-0.05, 0) is 156 Å². The van der Waals surface area contributed by atoms with Crippen molar-refractivity contribution in [3.63, 3.8) is 0 Å². The van der Waals surface area contributed by atoms with E-state index in [4.69, 9.17) is 28.4 Å². The molecule has 0 bridgehead atoms. The first-order valence-corrected chi connectivity index (χ1v) is 33.4. The highest BCUT2D eigenvalue weighted by Gasteiger charge is 2.47. The molecule has 484 valence electrons. The van der Waals surface area contributed by atoms with Crippen molar-refractivity contribution in [3.8, 4) is 40.2 Å². The lowest BCUT2D eigenvalue weighted by atomic mass is 9.91. The van der Waals surface area contributed by atoms with Crippen LogP contribution in [0.1, 0.15) is 101 Å². The quantitative estimate of drug-likeness (QED) is 0.0720. The second-order valence-corrected chi connectivity index (χ2v) is 28.1. The van der Waals surface area contributed by atoms with Gasteiger partial charge in [0.25, 0.3) is 0 Å². The molecule has 1 aliphatic carbocycles. The highest BCUT2D eigenvalue weighted by molar-refractivity contribution is 8.00. The molecular weight excluding hydrogens is 1220 g/mol. The van der Waals surface area contributed by atoms with Crippen LogP contribution in [0.5, 0.6) is 40.2 Å². The first kappa shape index (κ1) is 66.0. The van der Waals surface area contributed by atoms with Gasteiger partial charge in [0.2, 0.25) is 0 Å². The third kappa shape index (κ3) is 14.6. The van der Waals surface area contributed by atoms with E-state index < -0.39 is 86.4 Å². The van der Waals surface area contributed by atoms with E-state index in [-0.39, 0.29) is 25.6 Å². The van der Waals surface area contributed by atoms with E-state index in [2.05, 4.69) is 18.2 Å². The maximum atomic E-state index is 10.6. The highest BCUT2D eigenvalue weighted by Crippen LogP contribution is 2.50. The predicted molar refractivity (Wildman–Crippen MR) is 341 cm³/mol. The molecule has 6 aliphatic heterocycles. The lowest BCUT2D eigenvalue weighted by Crippen LogP contribution is -2.51. The summed E-state index contributed by atoms with van der Waals surface area (Å²) < 4.78 is 33.8. The number of fused-ring (bicyclic) bond motifs is 3. The average Bonchev–Trinajstić information content (AvgIpc) is 1.53. The van der Waals surface area contributed by atoms with Crippen molar-refractivity contribution < 1.29 is 94.8 Å². The van der Waals surface area contributed by atoms with Gasteiger partial charge < -0.3 is 94.8 Å². The minimum atomic E-state index is -1.41. The molecule has 6 aromatic carbocycles. The summed E-state index contributed by atoms with van der Waals surface area (Å²) in [4.78, 5) is 0. The molecule has 6 aromatic rings. The number of aliphatic hydroxyl groups excluding tert-OH is 12. The zero-order valence-corrected chi connectivity index (χ0v) is 52.4. The van der Waals surface area contributed by atoms with Crippen LogP contribution in [0, 0.1) is 13.8 Å². The van der Waals surface area contributed by atoms with Crippen molar-refractivity contribution in [2.24, 2.45) is 0 Å². The van der Waals surface area contributed by atoms with Crippen LogP contribution in [0.3, 0.4) is 0 Å². The van der Waals surface area contributed by atoms with Gasteiger partial charge in [0.15, 0.2) is 34.5 Å². The molecule has 0 spiro atoms. The smallest absolute Gasteiger partial charge is 0.161 e. The van der Waals surface area contributed by atoms with E-state index in [0.29, 0.717) is 69.7 Å². The number of aliphatic hydroxyl groups is 12. The largest absolute Gasteiger partial charge is 0.508 e. The maximum Gasteiger partial charge on any atom is 0.161 e. The lowest BCUT2D eigenvalue weighted by molar-refractivity contribution is -0.0702. The molecule has 19 nitrogen and oxygen atoms in total. The predicted octanol–water partition coefficient (Wildman–Crippen LogP) is 5.04. The van der Waals surface area contributed by atoms with Gasteiger partial charge in [0, 0.05) is 5.56 Å². The number of thioether (sulfide) groups is 3. The number of rotatable bonds is 13. The van der Waals surface area contributed by atoms with Gasteiger partial charge in [-0.25, -0.2) is 0 Å². The Morgan fingerprint density at radius 3 is 1.14 bits per heavy atom. The molecule has 3 unspecified atom stereocenters. The summed E-state index contributed by atoms with van der Waals surface area (Å²) in [5, 5.41) is 129. The van der Waals surface area contributed by atoms with Crippen LogP contribution in [0.4, 0.5) is 0 Å². The molecule has 4 fully saturated rings.